The first-order chi connectivity index (χ1) is 15.1. The molecule has 2 amide bonds. The number of Topliss-reactive ketones (excluding diaryl/α,β-unsaturated/α-hetero) is 1. The SMILES string of the molecule is CCC(C(=O)N[C@@H](Cc1ccccc1)C(=O)C(=O)OC(C)C)N1C=CSC(C(C)C)C1=O. The van der Waals surface area contributed by atoms with Crippen molar-refractivity contribution in [2.75, 3.05) is 0 Å². The molecule has 1 aromatic carbocycles. The normalized spacial score (nSPS) is 17.9. The molecule has 8 heteroatoms. The number of thioether (sulfide) groups is 1. The Hall–Kier alpha value is -2.61. The Labute approximate surface area is 193 Å². The van der Waals surface area contributed by atoms with E-state index in [2.05, 4.69) is 5.32 Å². The smallest absolute Gasteiger partial charge is 0.377 e. The lowest BCUT2D eigenvalue weighted by atomic mass is 10.0. The van der Waals surface area contributed by atoms with E-state index in [0.29, 0.717) is 6.42 Å². The van der Waals surface area contributed by atoms with Crippen molar-refractivity contribution in [2.45, 2.75) is 70.9 Å². The highest BCUT2D eigenvalue weighted by atomic mass is 32.2. The van der Waals surface area contributed by atoms with Gasteiger partial charge in [-0.1, -0.05) is 51.1 Å². The predicted octanol–water partition coefficient (Wildman–Crippen LogP) is 3.08. The molecule has 32 heavy (non-hydrogen) atoms. The number of carbonyl (C=O) groups excluding carboxylic acids is 4. The fraction of sp³-hybridized carbons (Fsp3) is 0.500. The van der Waals surface area contributed by atoms with Crippen molar-refractivity contribution in [3.8, 4) is 0 Å². The summed E-state index contributed by atoms with van der Waals surface area (Å²) in [5, 5.41) is 4.25. The van der Waals surface area contributed by atoms with Gasteiger partial charge < -0.3 is 15.0 Å². The summed E-state index contributed by atoms with van der Waals surface area (Å²) in [5.74, 6) is -2.31. The largest absolute Gasteiger partial charge is 0.457 e. The van der Waals surface area contributed by atoms with Crippen LogP contribution < -0.4 is 5.32 Å². The Kier molecular flexibility index (Phi) is 9.50. The number of amides is 2. The first-order valence-corrected chi connectivity index (χ1v) is 11.8. The molecule has 0 saturated heterocycles. The molecule has 1 aliphatic heterocycles. The van der Waals surface area contributed by atoms with Gasteiger partial charge in [0.2, 0.25) is 11.8 Å². The number of hydrogen-bond donors (Lipinski definition) is 1. The van der Waals surface area contributed by atoms with Crippen molar-refractivity contribution < 1.29 is 23.9 Å². The predicted molar refractivity (Wildman–Crippen MR) is 125 cm³/mol. The summed E-state index contributed by atoms with van der Waals surface area (Å²) >= 11 is 1.43. The van der Waals surface area contributed by atoms with E-state index in [4.69, 9.17) is 4.74 Å². The monoisotopic (exact) mass is 460 g/mol. The zero-order valence-corrected chi connectivity index (χ0v) is 20.1. The molecule has 1 N–H and O–H groups in total. The molecule has 0 spiro atoms. The third-order valence-corrected chi connectivity index (χ3v) is 6.35. The van der Waals surface area contributed by atoms with Crippen molar-refractivity contribution >= 4 is 35.3 Å². The van der Waals surface area contributed by atoms with E-state index in [1.54, 1.807) is 27.0 Å². The maximum Gasteiger partial charge on any atom is 0.377 e. The maximum atomic E-state index is 13.2. The van der Waals surface area contributed by atoms with Crippen LogP contribution in [0.4, 0.5) is 0 Å². The lowest BCUT2D eigenvalue weighted by molar-refractivity contribution is -0.158. The highest BCUT2D eigenvalue weighted by Crippen LogP contribution is 2.29. The standard InChI is InChI=1S/C24H32N2O5S/c1-6-19(26-12-13-32-21(15(2)3)23(26)29)22(28)25-18(14-17-10-8-7-9-11-17)20(27)24(30)31-16(4)5/h7-13,15-16,18-19,21H,6,14H2,1-5H3,(H,25,28)/t18-,19?,21?/m0/s1. The van der Waals surface area contributed by atoms with Gasteiger partial charge in [0.25, 0.3) is 5.78 Å². The van der Waals surface area contributed by atoms with Gasteiger partial charge in [0.05, 0.1) is 11.4 Å². The number of ether oxygens (including phenoxy) is 1. The van der Waals surface area contributed by atoms with Gasteiger partial charge in [-0.15, -0.1) is 11.8 Å². The van der Waals surface area contributed by atoms with E-state index in [1.165, 1.54) is 16.7 Å². The van der Waals surface area contributed by atoms with E-state index < -0.39 is 35.8 Å². The quantitative estimate of drug-likeness (QED) is 0.426. The third-order valence-electron chi connectivity index (χ3n) is 5.03. The summed E-state index contributed by atoms with van der Waals surface area (Å²) in [7, 11) is 0. The lowest BCUT2D eigenvalue weighted by Gasteiger charge is -2.34. The summed E-state index contributed by atoms with van der Waals surface area (Å²) in [6.07, 6.45) is 1.66. The van der Waals surface area contributed by atoms with Crippen molar-refractivity contribution in [1.29, 1.82) is 0 Å². The molecule has 7 nitrogen and oxygen atoms in total. The molecule has 0 radical (unpaired) electrons. The molecule has 0 aromatic heterocycles. The van der Waals surface area contributed by atoms with Crippen LogP contribution in [0.15, 0.2) is 41.9 Å². The Morgan fingerprint density at radius 1 is 1.12 bits per heavy atom. The molecular weight excluding hydrogens is 428 g/mol. The Balaban J connectivity index is 2.24. The summed E-state index contributed by atoms with van der Waals surface area (Å²) in [6, 6.07) is 7.24. The second-order valence-electron chi connectivity index (χ2n) is 8.32. The van der Waals surface area contributed by atoms with Gasteiger partial charge in [-0.25, -0.2) is 4.79 Å². The van der Waals surface area contributed by atoms with Crippen LogP contribution in [0.3, 0.4) is 0 Å². The minimum absolute atomic E-state index is 0.110. The summed E-state index contributed by atoms with van der Waals surface area (Å²) in [6.45, 7) is 9.03. The van der Waals surface area contributed by atoms with E-state index in [1.807, 2.05) is 49.6 Å². The molecule has 2 unspecified atom stereocenters. The molecular formula is C24H32N2O5S. The minimum atomic E-state index is -1.09. The molecule has 1 aliphatic rings. The van der Waals surface area contributed by atoms with Crippen LogP contribution in [0.25, 0.3) is 0 Å². The van der Waals surface area contributed by atoms with Crippen LogP contribution in [-0.2, 0) is 30.3 Å². The molecule has 2 rings (SSSR count). The maximum absolute atomic E-state index is 13.2. The Morgan fingerprint density at radius 3 is 2.34 bits per heavy atom. The van der Waals surface area contributed by atoms with Gasteiger partial charge in [-0.05, 0) is 37.2 Å². The van der Waals surface area contributed by atoms with E-state index in [-0.39, 0.29) is 23.5 Å². The van der Waals surface area contributed by atoms with Gasteiger partial charge in [0.1, 0.15) is 12.1 Å². The lowest BCUT2D eigenvalue weighted by Crippen LogP contribution is -2.55. The van der Waals surface area contributed by atoms with Crippen LogP contribution >= 0.6 is 11.8 Å². The zero-order chi connectivity index (χ0) is 23.8. The highest BCUT2D eigenvalue weighted by Gasteiger charge is 2.37. The molecule has 3 atom stereocenters. The second kappa shape index (κ2) is 11.9. The van der Waals surface area contributed by atoms with Crippen LogP contribution in [0, 0.1) is 5.92 Å². The molecule has 0 bridgehead atoms. The number of rotatable bonds is 10. The van der Waals surface area contributed by atoms with Crippen LogP contribution in [-0.4, -0.2) is 51.9 Å². The zero-order valence-electron chi connectivity index (χ0n) is 19.2. The molecule has 1 heterocycles. The van der Waals surface area contributed by atoms with Gasteiger partial charge in [0, 0.05) is 12.6 Å². The second-order valence-corrected chi connectivity index (χ2v) is 9.38. The third kappa shape index (κ3) is 6.69. The average molecular weight is 461 g/mol. The highest BCUT2D eigenvalue weighted by molar-refractivity contribution is 8.03. The van der Waals surface area contributed by atoms with Crippen molar-refractivity contribution in [2.24, 2.45) is 5.92 Å². The van der Waals surface area contributed by atoms with Gasteiger partial charge in [-0.2, -0.15) is 0 Å². The van der Waals surface area contributed by atoms with Crippen LogP contribution in [0.1, 0.15) is 46.6 Å². The van der Waals surface area contributed by atoms with E-state index >= 15 is 0 Å². The fourth-order valence-corrected chi connectivity index (χ4v) is 4.34. The number of ketones is 1. The Bertz CT molecular complexity index is 853. The fourth-order valence-electron chi connectivity index (χ4n) is 3.41. The number of hydrogen-bond acceptors (Lipinski definition) is 6. The van der Waals surface area contributed by atoms with E-state index in [0.717, 1.165) is 5.56 Å². The van der Waals surface area contributed by atoms with Crippen molar-refractivity contribution in [3.63, 3.8) is 0 Å². The van der Waals surface area contributed by atoms with Gasteiger partial charge in [-0.3, -0.25) is 14.4 Å². The average Bonchev–Trinajstić information content (AvgIpc) is 2.74. The first-order valence-electron chi connectivity index (χ1n) is 10.9. The molecule has 0 saturated carbocycles. The minimum Gasteiger partial charge on any atom is -0.457 e. The molecule has 1 aromatic rings. The molecule has 0 fully saturated rings. The number of benzene rings is 1. The summed E-state index contributed by atoms with van der Waals surface area (Å²) in [5.41, 5.74) is 0.793. The molecule has 174 valence electrons. The number of carbonyl (C=O) groups is 4. The topological polar surface area (TPSA) is 92.8 Å². The Morgan fingerprint density at radius 2 is 1.78 bits per heavy atom. The van der Waals surface area contributed by atoms with Gasteiger partial charge in [0.15, 0.2) is 0 Å². The van der Waals surface area contributed by atoms with Crippen LogP contribution in [0.2, 0.25) is 0 Å². The molecule has 0 aliphatic carbocycles. The summed E-state index contributed by atoms with van der Waals surface area (Å²) in [4.78, 5) is 52.7. The van der Waals surface area contributed by atoms with E-state index in [9.17, 15) is 19.2 Å². The van der Waals surface area contributed by atoms with Gasteiger partial charge >= 0.3 is 5.97 Å². The summed E-state index contributed by atoms with van der Waals surface area (Å²) < 4.78 is 5.05. The van der Waals surface area contributed by atoms with Crippen LogP contribution in [0.5, 0.6) is 0 Å². The number of nitrogens with zero attached hydrogens (tertiary/aromatic N) is 1. The number of nitrogens with one attached hydrogen (secondary N) is 1. The number of esters is 1. The van der Waals surface area contributed by atoms with Crippen molar-refractivity contribution in [3.05, 3.63) is 47.5 Å². The van der Waals surface area contributed by atoms with Crippen molar-refractivity contribution in [1.82, 2.24) is 10.2 Å². The first kappa shape index (κ1) is 25.6.